The molecular formula is C22H24N6O2. The Bertz CT molecular complexity index is 1060. The monoisotopic (exact) mass is 404 g/mol. The van der Waals surface area contributed by atoms with Crippen molar-refractivity contribution < 1.29 is 9.59 Å². The summed E-state index contributed by atoms with van der Waals surface area (Å²) in [5, 5.41) is 2.89. The van der Waals surface area contributed by atoms with Gasteiger partial charge < -0.3 is 14.8 Å². The smallest absolute Gasteiger partial charge is 0.256 e. The van der Waals surface area contributed by atoms with Crippen LogP contribution in [-0.2, 0) is 24.3 Å². The van der Waals surface area contributed by atoms with E-state index in [-0.39, 0.29) is 24.3 Å². The molecule has 0 spiro atoms. The molecule has 0 unspecified atom stereocenters. The minimum absolute atomic E-state index is 0.0521. The summed E-state index contributed by atoms with van der Waals surface area (Å²) in [5.41, 5.74) is 3.18. The molecule has 154 valence electrons. The molecule has 1 atom stereocenters. The van der Waals surface area contributed by atoms with E-state index < -0.39 is 0 Å². The summed E-state index contributed by atoms with van der Waals surface area (Å²) in [6, 6.07) is 5.42. The van der Waals surface area contributed by atoms with Gasteiger partial charge in [-0.25, -0.2) is 4.98 Å². The molecule has 1 aliphatic rings. The van der Waals surface area contributed by atoms with Crippen LogP contribution in [0.15, 0.2) is 49.2 Å². The average Bonchev–Trinajstić information content (AvgIpc) is 3.16. The van der Waals surface area contributed by atoms with Crippen LogP contribution >= 0.6 is 0 Å². The number of hydrogen-bond donors (Lipinski definition) is 1. The first-order valence-corrected chi connectivity index (χ1v) is 9.95. The molecule has 4 rings (SSSR count). The summed E-state index contributed by atoms with van der Waals surface area (Å²) in [5.74, 6) is 0.648. The molecule has 8 nitrogen and oxygen atoms in total. The van der Waals surface area contributed by atoms with Gasteiger partial charge in [-0.05, 0) is 37.1 Å². The second-order valence-electron chi connectivity index (χ2n) is 7.52. The van der Waals surface area contributed by atoms with Crippen molar-refractivity contribution in [2.75, 3.05) is 6.54 Å². The van der Waals surface area contributed by atoms with Crippen LogP contribution in [0.2, 0.25) is 0 Å². The van der Waals surface area contributed by atoms with Crippen molar-refractivity contribution in [1.29, 1.82) is 0 Å². The Hall–Kier alpha value is -3.55. The number of carbonyl (C=O) groups excluding carboxylic acids is 2. The van der Waals surface area contributed by atoms with Gasteiger partial charge in [0.05, 0.1) is 23.7 Å². The van der Waals surface area contributed by atoms with E-state index in [9.17, 15) is 9.59 Å². The summed E-state index contributed by atoms with van der Waals surface area (Å²) in [6.07, 6.45) is 8.86. The van der Waals surface area contributed by atoms with Crippen molar-refractivity contribution in [2.24, 2.45) is 0 Å². The second-order valence-corrected chi connectivity index (χ2v) is 7.52. The number of aryl methyl sites for hydroxylation is 1. The van der Waals surface area contributed by atoms with Crippen LogP contribution in [0.4, 0.5) is 0 Å². The first kappa shape index (κ1) is 19.8. The van der Waals surface area contributed by atoms with Gasteiger partial charge in [0.25, 0.3) is 5.91 Å². The number of hydrogen-bond acceptors (Lipinski definition) is 5. The summed E-state index contributed by atoms with van der Waals surface area (Å²) in [4.78, 5) is 39.9. The molecule has 0 radical (unpaired) electrons. The van der Waals surface area contributed by atoms with E-state index in [1.807, 2.05) is 47.7 Å². The lowest BCUT2D eigenvalue weighted by Crippen LogP contribution is -2.41. The predicted octanol–water partition coefficient (Wildman–Crippen LogP) is 2.06. The lowest BCUT2D eigenvalue weighted by molar-refractivity contribution is -0.120. The number of nitrogens with one attached hydrogen (secondary N) is 1. The van der Waals surface area contributed by atoms with Crippen LogP contribution in [-0.4, -0.2) is 42.8 Å². The van der Waals surface area contributed by atoms with E-state index in [2.05, 4.69) is 20.3 Å². The molecule has 8 heteroatoms. The number of carbonyl (C=O) groups is 2. The summed E-state index contributed by atoms with van der Waals surface area (Å²) in [7, 11) is 0. The van der Waals surface area contributed by atoms with Crippen molar-refractivity contribution in [2.45, 2.75) is 39.4 Å². The number of imidazole rings is 1. The van der Waals surface area contributed by atoms with Gasteiger partial charge in [-0.3, -0.25) is 19.6 Å². The zero-order valence-electron chi connectivity index (χ0n) is 17.1. The maximum absolute atomic E-state index is 13.0. The Balaban J connectivity index is 1.42. The molecule has 2 amide bonds. The number of fused-ring (bicyclic) bond motifs is 1. The Labute approximate surface area is 175 Å². The molecule has 1 aliphatic heterocycles. The standard InChI is InChI=1S/C22H24N6O2/c1-15-8-18(13-24-10-15)22(30)28-7-6-27-14-19(26-21(27)16(28)2)9-20(29)25-12-17-4-3-5-23-11-17/h3-5,8,10-11,13-14,16H,6-7,9,12H2,1-2H3,(H,25,29)/t16-/m0/s1. The van der Waals surface area contributed by atoms with Crippen LogP contribution in [0, 0.1) is 6.92 Å². The van der Waals surface area contributed by atoms with E-state index in [1.54, 1.807) is 24.8 Å². The molecule has 0 saturated carbocycles. The molecule has 30 heavy (non-hydrogen) atoms. The number of rotatable bonds is 5. The van der Waals surface area contributed by atoms with Gasteiger partial charge in [-0.15, -0.1) is 0 Å². The van der Waals surface area contributed by atoms with E-state index in [0.717, 1.165) is 17.0 Å². The number of aromatic nitrogens is 4. The molecule has 1 N–H and O–H groups in total. The van der Waals surface area contributed by atoms with Crippen molar-refractivity contribution in [3.05, 3.63) is 77.4 Å². The van der Waals surface area contributed by atoms with Crippen LogP contribution in [0.3, 0.4) is 0 Å². The van der Waals surface area contributed by atoms with Gasteiger partial charge in [-0.1, -0.05) is 6.07 Å². The zero-order chi connectivity index (χ0) is 21.1. The Morgan fingerprint density at radius 3 is 2.83 bits per heavy atom. The summed E-state index contributed by atoms with van der Waals surface area (Å²) in [6.45, 7) is 5.55. The molecule has 3 aromatic rings. The average molecular weight is 404 g/mol. The molecule has 4 heterocycles. The topological polar surface area (TPSA) is 93.0 Å². The van der Waals surface area contributed by atoms with E-state index in [1.165, 1.54) is 0 Å². The minimum atomic E-state index is -0.182. The van der Waals surface area contributed by atoms with E-state index >= 15 is 0 Å². The fraction of sp³-hybridized carbons (Fsp3) is 0.318. The molecule has 0 aliphatic carbocycles. The Morgan fingerprint density at radius 2 is 2.07 bits per heavy atom. The highest BCUT2D eigenvalue weighted by Crippen LogP contribution is 2.26. The van der Waals surface area contributed by atoms with Crippen LogP contribution < -0.4 is 5.32 Å². The van der Waals surface area contributed by atoms with Crippen molar-refractivity contribution >= 4 is 11.8 Å². The van der Waals surface area contributed by atoms with Gasteiger partial charge >= 0.3 is 0 Å². The molecule has 0 aromatic carbocycles. The van der Waals surface area contributed by atoms with Gasteiger partial charge in [0.2, 0.25) is 5.91 Å². The third-order valence-electron chi connectivity index (χ3n) is 5.22. The number of nitrogens with zero attached hydrogens (tertiary/aromatic N) is 5. The second kappa shape index (κ2) is 8.44. The van der Waals surface area contributed by atoms with Gasteiger partial charge in [0.1, 0.15) is 5.82 Å². The molecule has 0 fully saturated rings. The molecule has 0 bridgehead atoms. The maximum atomic E-state index is 13.0. The summed E-state index contributed by atoms with van der Waals surface area (Å²) < 4.78 is 2.03. The number of amides is 2. The normalized spacial score (nSPS) is 15.5. The van der Waals surface area contributed by atoms with Gasteiger partial charge in [0.15, 0.2) is 0 Å². The molecular weight excluding hydrogens is 380 g/mol. The minimum Gasteiger partial charge on any atom is -0.352 e. The lowest BCUT2D eigenvalue weighted by atomic mass is 10.1. The highest BCUT2D eigenvalue weighted by atomic mass is 16.2. The largest absolute Gasteiger partial charge is 0.352 e. The highest BCUT2D eigenvalue weighted by Gasteiger charge is 2.30. The maximum Gasteiger partial charge on any atom is 0.256 e. The van der Waals surface area contributed by atoms with Crippen molar-refractivity contribution in [3.8, 4) is 0 Å². The highest BCUT2D eigenvalue weighted by molar-refractivity contribution is 5.94. The zero-order valence-corrected chi connectivity index (χ0v) is 17.1. The van der Waals surface area contributed by atoms with Crippen LogP contribution in [0.5, 0.6) is 0 Å². The van der Waals surface area contributed by atoms with E-state index in [0.29, 0.717) is 30.9 Å². The summed E-state index contributed by atoms with van der Waals surface area (Å²) >= 11 is 0. The van der Waals surface area contributed by atoms with Gasteiger partial charge in [0, 0.05) is 50.6 Å². The van der Waals surface area contributed by atoms with Gasteiger partial charge in [-0.2, -0.15) is 0 Å². The molecule has 3 aromatic heterocycles. The quantitative estimate of drug-likeness (QED) is 0.703. The fourth-order valence-electron chi connectivity index (χ4n) is 3.68. The SMILES string of the molecule is Cc1cncc(C(=O)N2CCn3cc(CC(=O)NCc4cccnc4)nc3[C@@H]2C)c1. The number of pyridine rings is 2. The van der Waals surface area contributed by atoms with Crippen molar-refractivity contribution in [3.63, 3.8) is 0 Å². The van der Waals surface area contributed by atoms with E-state index in [4.69, 9.17) is 0 Å². The lowest BCUT2D eigenvalue weighted by Gasteiger charge is -2.33. The molecule has 0 saturated heterocycles. The van der Waals surface area contributed by atoms with Crippen LogP contribution in [0.1, 0.15) is 46.0 Å². The Kier molecular flexibility index (Phi) is 5.56. The fourth-order valence-corrected chi connectivity index (χ4v) is 3.68. The first-order chi connectivity index (χ1) is 14.5. The third kappa shape index (κ3) is 4.22. The first-order valence-electron chi connectivity index (χ1n) is 9.95. The van der Waals surface area contributed by atoms with Crippen molar-refractivity contribution in [1.82, 2.24) is 29.7 Å². The predicted molar refractivity (Wildman–Crippen MR) is 110 cm³/mol. The Morgan fingerprint density at radius 1 is 1.20 bits per heavy atom. The van der Waals surface area contributed by atoms with Crippen LogP contribution in [0.25, 0.3) is 0 Å². The third-order valence-corrected chi connectivity index (χ3v) is 5.22.